The van der Waals surface area contributed by atoms with Gasteiger partial charge in [-0.05, 0) is 33.1 Å². The molecule has 17 heavy (non-hydrogen) atoms. The van der Waals surface area contributed by atoms with Crippen LogP contribution in [0.25, 0.3) is 0 Å². The van der Waals surface area contributed by atoms with Crippen molar-refractivity contribution in [3.8, 4) is 0 Å². The lowest BCUT2D eigenvalue weighted by Gasteiger charge is -2.19. The average Bonchev–Trinajstić information content (AvgIpc) is 2.30. The maximum absolute atomic E-state index is 11.5. The Balaban J connectivity index is 2.39. The van der Waals surface area contributed by atoms with Crippen LogP contribution in [0.2, 0.25) is 0 Å². The van der Waals surface area contributed by atoms with Crippen molar-refractivity contribution in [1.29, 1.82) is 0 Å². The van der Waals surface area contributed by atoms with Gasteiger partial charge in [-0.1, -0.05) is 11.6 Å². The third kappa shape index (κ3) is 4.59. The Morgan fingerprint density at radius 1 is 1.29 bits per heavy atom. The monoisotopic (exact) mass is 240 g/mol. The summed E-state index contributed by atoms with van der Waals surface area (Å²) in [5.41, 5.74) is 1.07. The van der Waals surface area contributed by atoms with Gasteiger partial charge in [0.05, 0.1) is 25.6 Å². The van der Waals surface area contributed by atoms with Crippen molar-refractivity contribution >= 4 is 11.9 Å². The molecule has 0 bridgehead atoms. The van der Waals surface area contributed by atoms with Crippen LogP contribution in [0.15, 0.2) is 11.6 Å². The summed E-state index contributed by atoms with van der Waals surface area (Å²) in [6.07, 6.45) is 4.55. The number of hydrogen-bond acceptors (Lipinski definition) is 4. The Kier molecular flexibility index (Phi) is 5.73. The van der Waals surface area contributed by atoms with E-state index in [-0.39, 0.29) is 17.9 Å². The van der Waals surface area contributed by atoms with Gasteiger partial charge in [-0.15, -0.1) is 0 Å². The molecule has 4 nitrogen and oxygen atoms in total. The Bertz CT molecular complexity index is 307. The van der Waals surface area contributed by atoms with E-state index in [9.17, 15) is 9.59 Å². The van der Waals surface area contributed by atoms with Gasteiger partial charge in [0.15, 0.2) is 0 Å². The smallest absolute Gasteiger partial charge is 0.309 e. The van der Waals surface area contributed by atoms with E-state index in [4.69, 9.17) is 9.47 Å². The van der Waals surface area contributed by atoms with Crippen molar-refractivity contribution in [1.82, 2.24) is 0 Å². The highest BCUT2D eigenvalue weighted by Crippen LogP contribution is 2.26. The van der Waals surface area contributed by atoms with Crippen LogP contribution in [-0.4, -0.2) is 25.2 Å². The topological polar surface area (TPSA) is 52.6 Å². The number of carbonyl (C=O) groups excluding carboxylic acids is 2. The summed E-state index contributed by atoms with van der Waals surface area (Å²) in [4.78, 5) is 22.8. The Labute approximate surface area is 102 Å². The molecule has 4 heteroatoms. The molecule has 0 radical (unpaired) electrons. The van der Waals surface area contributed by atoms with Crippen molar-refractivity contribution in [3.63, 3.8) is 0 Å². The predicted octanol–water partition coefficient (Wildman–Crippen LogP) is 2.23. The van der Waals surface area contributed by atoms with Gasteiger partial charge in [0, 0.05) is 0 Å². The molecule has 0 fully saturated rings. The molecule has 0 spiro atoms. The number of allylic oxidation sites excluding steroid dienone is 1. The number of rotatable bonds is 5. The summed E-state index contributed by atoms with van der Waals surface area (Å²) >= 11 is 0. The van der Waals surface area contributed by atoms with Gasteiger partial charge < -0.3 is 9.47 Å². The number of esters is 2. The molecular weight excluding hydrogens is 220 g/mol. The summed E-state index contributed by atoms with van der Waals surface area (Å²) in [6.45, 7) is 4.44. The van der Waals surface area contributed by atoms with Crippen molar-refractivity contribution in [2.45, 2.75) is 39.5 Å². The quantitative estimate of drug-likeness (QED) is 0.546. The SMILES string of the molecule is CCOC(=O)CC1=CC[C@H](C(=O)OCC)CC1. The number of ether oxygens (including phenoxy) is 2. The maximum atomic E-state index is 11.5. The fourth-order valence-electron chi connectivity index (χ4n) is 1.92. The zero-order valence-corrected chi connectivity index (χ0v) is 10.5. The lowest BCUT2D eigenvalue weighted by Crippen LogP contribution is -2.20. The van der Waals surface area contributed by atoms with Crippen LogP contribution >= 0.6 is 0 Å². The molecule has 0 unspecified atom stereocenters. The van der Waals surface area contributed by atoms with Crippen LogP contribution in [0.1, 0.15) is 39.5 Å². The van der Waals surface area contributed by atoms with E-state index in [1.807, 2.05) is 13.0 Å². The van der Waals surface area contributed by atoms with Crippen molar-refractivity contribution in [3.05, 3.63) is 11.6 Å². The summed E-state index contributed by atoms with van der Waals surface area (Å²) in [7, 11) is 0. The Morgan fingerprint density at radius 3 is 2.53 bits per heavy atom. The molecule has 1 rings (SSSR count). The van der Waals surface area contributed by atoms with Gasteiger partial charge in [-0.2, -0.15) is 0 Å². The molecule has 0 saturated carbocycles. The second-order valence-corrected chi connectivity index (χ2v) is 4.07. The van der Waals surface area contributed by atoms with E-state index in [1.54, 1.807) is 6.92 Å². The van der Waals surface area contributed by atoms with E-state index in [0.29, 0.717) is 26.1 Å². The lowest BCUT2D eigenvalue weighted by molar-refractivity contribution is -0.148. The zero-order valence-electron chi connectivity index (χ0n) is 10.5. The van der Waals surface area contributed by atoms with E-state index >= 15 is 0 Å². The molecule has 0 aromatic carbocycles. The normalized spacial score (nSPS) is 19.4. The molecule has 0 saturated heterocycles. The molecular formula is C13H20O4. The minimum Gasteiger partial charge on any atom is -0.466 e. The highest BCUT2D eigenvalue weighted by Gasteiger charge is 2.23. The summed E-state index contributed by atoms with van der Waals surface area (Å²) < 4.78 is 9.86. The van der Waals surface area contributed by atoms with Crippen LogP contribution in [0.3, 0.4) is 0 Å². The molecule has 0 heterocycles. The molecule has 1 aliphatic rings. The van der Waals surface area contributed by atoms with Crippen LogP contribution in [0.5, 0.6) is 0 Å². The zero-order chi connectivity index (χ0) is 12.7. The first kappa shape index (κ1) is 13.7. The molecule has 0 aliphatic heterocycles. The fraction of sp³-hybridized carbons (Fsp3) is 0.692. The maximum Gasteiger partial charge on any atom is 0.309 e. The highest BCUT2D eigenvalue weighted by molar-refractivity contribution is 5.74. The molecule has 96 valence electrons. The van der Waals surface area contributed by atoms with E-state index in [1.165, 1.54) is 0 Å². The first-order valence-electron chi connectivity index (χ1n) is 6.17. The number of carbonyl (C=O) groups is 2. The largest absolute Gasteiger partial charge is 0.466 e. The van der Waals surface area contributed by atoms with Crippen LogP contribution < -0.4 is 0 Å². The van der Waals surface area contributed by atoms with Crippen molar-refractivity contribution in [2.75, 3.05) is 13.2 Å². The van der Waals surface area contributed by atoms with Gasteiger partial charge in [0.1, 0.15) is 0 Å². The van der Waals surface area contributed by atoms with Gasteiger partial charge in [0.25, 0.3) is 0 Å². The Morgan fingerprint density at radius 2 is 2.00 bits per heavy atom. The average molecular weight is 240 g/mol. The van der Waals surface area contributed by atoms with Gasteiger partial charge in [-0.3, -0.25) is 9.59 Å². The molecule has 0 aromatic heterocycles. The predicted molar refractivity (Wildman–Crippen MR) is 63.3 cm³/mol. The first-order valence-corrected chi connectivity index (χ1v) is 6.17. The highest BCUT2D eigenvalue weighted by atomic mass is 16.5. The standard InChI is InChI=1S/C13H20O4/c1-3-16-12(14)9-10-5-7-11(8-6-10)13(15)17-4-2/h5,11H,3-4,6-9H2,1-2H3/t11-/m0/s1. The second-order valence-electron chi connectivity index (χ2n) is 4.07. The van der Waals surface area contributed by atoms with Gasteiger partial charge in [-0.25, -0.2) is 0 Å². The van der Waals surface area contributed by atoms with E-state index in [2.05, 4.69) is 0 Å². The summed E-state index contributed by atoms with van der Waals surface area (Å²) in [5.74, 6) is -0.354. The molecule has 0 amide bonds. The second kappa shape index (κ2) is 7.09. The van der Waals surface area contributed by atoms with Crippen molar-refractivity contribution in [2.24, 2.45) is 5.92 Å². The van der Waals surface area contributed by atoms with Crippen molar-refractivity contribution < 1.29 is 19.1 Å². The van der Waals surface area contributed by atoms with E-state index in [0.717, 1.165) is 18.4 Å². The minimum absolute atomic E-state index is 0.0408. The third-order valence-corrected chi connectivity index (χ3v) is 2.80. The third-order valence-electron chi connectivity index (χ3n) is 2.80. The molecule has 1 aliphatic carbocycles. The van der Waals surface area contributed by atoms with Crippen LogP contribution in [0.4, 0.5) is 0 Å². The van der Waals surface area contributed by atoms with Gasteiger partial charge in [0.2, 0.25) is 0 Å². The number of hydrogen-bond donors (Lipinski definition) is 0. The minimum atomic E-state index is -0.187. The Hall–Kier alpha value is -1.32. The van der Waals surface area contributed by atoms with Gasteiger partial charge >= 0.3 is 11.9 Å². The fourth-order valence-corrected chi connectivity index (χ4v) is 1.92. The molecule has 1 atom stereocenters. The van der Waals surface area contributed by atoms with Crippen LogP contribution in [-0.2, 0) is 19.1 Å². The lowest BCUT2D eigenvalue weighted by atomic mass is 9.88. The summed E-state index contributed by atoms with van der Waals surface area (Å²) in [6, 6.07) is 0. The summed E-state index contributed by atoms with van der Waals surface area (Å²) in [5, 5.41) is 0. The molecule has 0 aromatic rings. The van der Waals surface area contributed by atoms with Crippen LogP contribution in [0, 0.1) is 5.92 Å². The first-order chi connectivity index (χ1) is 8.17. The van der Waals surface area contributed by atoms with E-state index < -0.39 is 0 Å². The molecule has 0 N–H and O–H groups in total.